The fraction of sp³-hybridized carbons (Fsp3) is 0.263. The lowest BCUT2D eigenvalue weighted by molar-refractivity contribution is -0.222. The number of carbonyl (C=O) groups excluding carboxylic acids is 2. The van der Waals surface area contributed by atoms with Crippen molar-refractivity contribution in [1.82, 2.24) is 0 Å². The van der Waals surface area contributed by atoms with Crippen LogP contribution in [0, 0.1) is 0 Å². The molecule has 0 bridgehead atoms. The van der Waals surface area contributed by atoms with Crippen LogP contribution in [0.25, 0.3) is 10.8 Å². The Morgan fingerprint density at radius 2 is 1.67 bits per heavy atom. The monoisotopic (exact) mass is 323 g/mol. The van der Waals surface area contributed by atoms with Crippen molar-refractivity contribution in [3.63, 3.8) is 0 Å². The molecular weight excluding hydrogens is 306 g/mol. The van der Waals surface area contributed by atoms with Gasteiger partial charge in [0, 0.05) is 31.1 Å². The summed E-state index contributed by atoms with van der Waals surface area (Å²) in [4.78, 5) is 24.0. The zero-order valence-electron chi connectivity index (χ0n) is 13.5. The summed E-state index contributed by atoms with van der Waals surface area (Å²) in [6.45, 7) is 3.05. The van der Waals surface area contributed by atoms with Crippen LogP contribution in [0.4, 0.5) is 5.69 Å². The number of benzene rings is 2. The van der Waals surface area contributed by atoms with E-state index in [1.165, 1.54) is 36.6 Å². The van der Waals surface area contributed by atoms with E-state index in [1.807, 2.05) is 18.2 Å². The first-order chi connectivity index (χ1) is 11.4. The lowest BCUT2D eigenvalue weighted by Gasteiger charge is -2.29. The zero-order valence-corrected chi connectivity index (χ0v) is 13.5. The van der Waals surface area contributed by atoms with Crippen LogP contribution in [0.1, 0.15) is 25.0 Å². The molecule has 2 aromatic rings. The van der Waals surface area contributed by atoms with E-state index in [4.69, 9.17) is 9.47 Å². The summed E-state index contributed by atoms with van der Waals surface area (Å²) >= 11 is 0. The maximum absolute atomic E-state index is 12.0. The first-order valence-corrected chi connectivity index (χ1v) is 7.91. The number of aryl methyl sites for hydroxylation is 2. The Morgan fingerprint density at radius 3 is 2.38 bits per heavy atom. The van der Waals surface area contributed by atoms with Gasteiger partial charge in [0.1, 0.15) is 0 Å². The van der Waals surface area contributed by atoms with Gasteiger partial charge in [-0.2, -0.15) is 0 Å². The predicted molar refractivity (Wildman–Crippen MR) is 89.3 cm³/mol. The second kappa shape index (κ2) is 5.09. The summed E-state index contributed by atoms with van der Waals surface area (Å²) in [6.07, 6.45) is 3.45. The molecule has 0 atom stereocenters. The fourth-order valence-electron chi connectivity index (χ4n) is 3.30. The number of ether oxygens (including phenoxy) is 2. The molecule has 0 spiro atoms. The van der Waals surface area contributed by atoms with Gasteiger partial charge in [-0.05, 0) is 35.4 Å². The summed E-state index contributed by atoms with van der Waals surface area (Å²) in [5.41, 5.74) is 3.36. The van der Waals surface area contributed by atoms with Crippen LogP contribution < -0.4 is 5.32 Å². The summed E-state index contributed by atoms with van der Waals surface area (Å²) in [5, 5.41) is 5.40. The molecule has 1 saturated heterocycles. The van der Waals surface area contributed by atoms with Gasteiger partial charge in [-0.15, -0.1) is 0 Å². The van der Waals surface area contributed by atoms with E-state index in [0.717, 1.165) is 23.9 Å². The quantitative estimate of drug-likeness (QED) is 0.523. The van der Waals surface area contributed by atoms with Crippen LogP contribution >= 0.6 is 0 Å². The summed E-state index contributed by atoms with van der Waals surface area (Å²) in [7, 11) is 0. The first kappa shape index (κ1) is 14.8. The standard InChI is InChI=1S/C19H17NO4/c1-19(2)23-17(21)14(18(22)24-19)10-20-15-9-8-12-7-6-11-4-3-5-13(15)16(11)12/h3-5,8-10,20H,6-7H2,1-2H3. The average Bonchev–Trinajstić information content (AvgIpc) is 2.92. The van der Waals surface area contributed by atoms with Gasteiger partial charge >= 0.3 is 11.9 Å². The van der Waals surface area contributed by atoms with Crippen molar-refractivity contribution in [3.05, 3.63) is 53.2 Å². The topological polar surface area (TPSA) is 64.6 Å². The van der Waals surface area contributed by atoms with Crippen molar-refractivity contribution in [3.8, 4) is 0 Å². The Kier molecular flexibility index (Phi) is 3.13. The van der Waals surface area contributed by atoms with Crippen LogP contribution in [0.2, 0.25) is 0 Å². The molecule has 1 N–H and O–H groups in total. The Balaban J connectivity index is 1.69. The van der Waals surface area contributed by atoms with E-state index in [-0.39, 0.29) is 5.57 Å². The molecule has 2 aliphatic rings. The van der Waals surface area contributed by atoms with Gasteiger partial charge < -0.3 is 14.8 Å². The third-order valence-corrected chi connectivity index (χ3v) is 4.37. The molecule has 5 heteroatoms. The van der Waals surface area contributed by atoms with Gasteiger partial charge in [0.05, 0.1) is 0 Å². The van der Waals surface area contributed by atoms with Crippen molar-refractivity contribution in [1.29, 1.82) is 0 Å². The van der Waals surface area contributed by atoms with Crippen molar-refractivity contribution in [2.75, 3.05) is 5.32 Å². The zero-order chi connectivity index (χ0) is 16.9. The molecule has 24 heavy (non-hydrogen) atoms. The van der Waals surface area contributed by atoms with Gasteiger partial charge in [-0.1, -0.05) is 24.3 Å². The molecule has 1 heterocycles. The minimum Gasteiger partial charge on any atom is -0.419 e. The Morgan fingerprint density at radius 1 is 1.00 bits per heavy atom. The van der Waals surface area contributed by atoms with E-state index in [1.54, 1.807) is 0 Å². The third-order valence-electron chi connectivity index (χ3n) is 4.37. The van der Waals surface area contributed by atoms with Crippen molar-refractivity contribution in [2.24, 2.45) is 0 Å². The van der Waals surface area contributed by atoms with Gasteiger partial charge in [0.15, 0.2) is 5.57 Å². The summed E-state index contributed by atoms with van der Waals surface area (Å²) in [5.74, 6) is -2.60. The normalized spacial score (nSPS) is 18.3. The molecule has 122 valence electrons. The van der Waals surface area contributed by atoms with E-state index in [0.29, 0.717) is 0 Å². The fourth-order valence-corrected chi connectivity index (χ4v) is 3.30. The van der Waals surface area contributed by atoms with Gasteiger partial charge in [0.2, 0.25) is 0 Å². The van der Waals surface area contributed by atoms with Crippen molar-refractivity contribution < 1.29 is 19.1 Å². The molecule has 1 aliphatic carbocycles. The molecule has 0 saturated carbocycles. The number of rotatable bonds is 2. The Bertz CT molecular complexity index is 879. The molecule has 0 unspecified atom stereocenters. The van der Waals surface area contributed by atoms with Gasteiger partial charge in [-0.3, -0.25) is 0 Å². The Labute approximate surface area is 139 Å². The molecule has 5 nitrogen and oxygen atoms in total. The number of esters is 2. The number of carbonyl (C=O) groups is 2. The number of hydrogen-bond acceptors (Lipinski definition) is 5. The molecule has 1 fully saturated rings. The number of nitrogens with one attached hydrogen (secondary N) is 1. The lowest BCUT2D eigenvalue weighted by atomic mass is 10.0. The van der Waals surface area contributed by atoms with Crippen molar-refractivity contribution in [2.45, 2.75) is 32.5 Å². The minimum absolute atomic E-state index is 0.141. The second-order valence-electron chi connectivity index (χ2n) is 6.49. The SMILES string of the molecule is CC1(C)OC(=O)C(=CNc2ccc3c4c(cccc24)CC3)C(=O)O1. The minimum atomic E-state index is -1.23. The van der Waals surface area contributed by atoms with Crippen LogP contribution in [0.5, 0.6) is 0 Å². The molecule has 1 aliphatic heterocycles. The number of hydrogen-bond donors (Lipinski definition) is 1. The number of anilines is 1. The highest BCUT2D eigenvalue weighted by molar-refractivity contribution is 6.15. The van der Waals surface area contributed by atoms with Gasteiger partial charge in [0.25, 0.3) is 5.79 Å². The lowest BCUT2D eigenvalue weighted by Crippen LogP contribution is -2.42. The number of cyclic esters (lactones) is 2. The highest BCUT2D eigenvalue weighted by Crippen LogP contribution is 2.35. The molecule has 4 rings (SSSR count). The maximum atomic E-state index is 12.0. The molecule has 0 amide bonds. The Hall–Kier alpha value is -2.82. The van der Waals surface area contributed by atoms with E-state index >= 15 is 0 Å². The van der Waals surface area contributed by atoms with Crippen LogP contribution in [-0.2, 0) is 31.9 Å². The second-order valence-corrected chi connectivity index (χ2v) is 6.49. The molecule has 2 aromatic carbocycles. The maximum Gasteiger partial charge on any atom is 0.350 e. The highest BCUT2D eigenvalue weighted by Gasteiger charge is 2.38. The smallest absolute Gasteiger partial charge is 0.350 e. The van der Waals surface area contributed by atoms with Crippen LogP contribution in [0.3, 0.4) is 0 Å². The van der Waals surface area contributed by atoms with Gasteiger partial charge in [-0.25, -0.2) is 9.59 Å². The first-order valence-electron chi connectivity index (χ1n) is 7.91. The van der Waals surface area contributed by atoms with E-state index in [9.17, 15) is 9.59 Å². The third kappa shape index (κ3) is 2.33. The molecule has 0 aromatic heterocycles. The predicted octanol–water partition coefficient (Wildman–Crippen LogP) is 3.07. The van der Waals surface area contributed by atoms with E-state index < -0.39 is 17.7 Å². The highest BCUT2D eigenvalue weighted by atomic mass is 16.7. The average molecular weight is 323 g/mol. The molecule has 0 radical (unpaired) electrons. The summed E-state index contributed by atoms with van der Waals surface area (Å²) in [6, 6.07) is 10.2. The van der Waals surface area contributed by atoms with Crippen molar-refractivity contribution >= 4 is 28.4 Å². The largest absolute Gasteiger partial charge is 0.419 e. The summed E-state index contributed by atoms with van der Waals surface area (Å²) < 4.78 is 10.2. The molecular formula is C19H17NO4. The van der Waals surface area contributed by atoms with E-state index in [2.05, 4.69) is 17.4 Å². The van der Waals surface area contributed by atoms with Crippen LogP contribution in [-0.4, -0.2) is 17.7 Å². The van der Waals surface area contributed by atoms with Crippen LogP contribution in [0.15, 0.2) is 42.1 Å².